The van der Waals surface area contributed by atoms with Crippen LogP contribution in [0.3, 0.4) is 0 Å². The molecule has 0 radical (unpaired) electrons. The average Bonchev–Trinajstić information content (AvgIpc) is 2.58. The lowest BCUT2D eigenvalue weighted by molar-refractivity contribution is -0.142. The lowest BCUT2D eigenvalue weighted by Gasteiger charge is -2.56. The summed E-state index contributed by atoms with van der Waals surface area (Å²) in [4.78, 5) is 16.5. The smallest absolute Gasteiger partial charge is 0.222 e. The number of carbonyl (C=O) groups excluding carboxylic acids is 1. The van der Waals surface area contributed by atoms with E-state index in [1.807, 2.05) is 6.92 Å². The molecule has 1 aromatic carbocycles. The Balaban J connectivity index is 1.61. The molecular formula is C19H26N2O. The number of nitrogens with zero attached hydrogens (tertiary/aromatic N) is 2. The number of hydrogen-bond acceptors (Lipinski definition) is 2. The van der Waals surface area contributed by atoms with Crippen molar-refractivity contribution in [2.75, 3.05) is 19.6 Å². The zero-order valence-corrected chi connectivity index (χ0v) is 13.7. The predicted molar refractivity (Wildman–Crippen MR) is 90.5 cm³/mol. The average molecular weight is 298 g/mol. The summed E-state index contributed by atoms with van der Waals surface area (Å²) in [7, 11) is 0. The van der Waals surface area contributed by atoms with E-state index in [4.69, 9.17) is 0 Å². The van der Waals surface area contributed by atoms with Crippen molar-refractivity contribution in [2.45, 2.75) is 45.2 Å². The quantitative estimate of drug-likeness (QED) is 0.833. The number of amides is 1. The number of hydrogen-bond donors (Lipinski definition) is 0. The molecule has 118 valence electrons. The van der Waals surface area contributed by atoms with Crippen LogP contribution in [0.25, 0.3) is 5.57 Å². The molecule has 1 aromatic rings. The van der Waals surface area contributed by atoms with E-state index in [1.54, 1.807) is 0 Å². The number of piperidine rings is 1. The lowest BCUT2D eigenvalue weighted by Crippen LogP contribution is -2.69. The Morgan fingerprint density at radius 1 is 1.14 bits per heavy atom. The molecule has 3 heteroatoms. The number of fused-ring (bicyclic) bond motifs is 2. The van der Waals surface area contributed by atoms with Crippen molar-refractivity contribution in [3.8, 4) is 0 Å². The van der Waals surface area contributed by atoms with E-state index in [0.717, 1.165) is 26.1 Å². The first-order chi connectivity index (χ1) is 10.7. The van der Waals surface area contributed by atoms with Gasteiger partial charge in [0.05, 0.1) is 0 Å². The van der Waals surface area contributed by atoms with Gasteiger partial charge in [0.25, 0.3) is 0 Å². The number of rotatable bonds is 5. The second kappa shape index (κ2) is 6.66. The molecule has 0 spiro atoms. The fraction of sp³-hybridized carbons (Fsp3) is 0.526. The first-order valence-electron chi connectivity index (χ1n) is 8.50. The van der Waals surface area contributed by atoms with Gasteiger partial charge < -0.3 is 4.90 Å². The van der Waals surface area contributed by atoms with E-state index in [2.05, 4.69) is 53.1 Å². The van der Waals surface area contributed by atoms with Crippen LogP contribution in [-0.4, -0.2) is 47.4 Å². The predicted octanol–water partition coefficient (Wildman–Crippen LogP) is 3.18. The van der Waals surface area contributed by atoms with Crippen LogP contribution in [0.2, 0.25) is 0 Å². The molecule has 3 saturated heterocycles. The third-order valence-corrected chi connectivity index (χ3v) is 5.07. The number of allylic oxidation sites excluding steroid dienone is 1. The molecule has 22 heavy (non-hydrogen) atoms. The van der Waals surface area contributed by atoms with E-state index >= 15 is 0 Å². The molecule has 2 atom stereocenters. The maximum Gasteiger partial charge on any atom is 0.222 e. The van der Waals surface area contributed by atoms with Crippen LogP contribution in [0.1, 0.15) is 38.7 Å². The number of piperazine rings is 1. The summed E-state index contributed by atoms with van der Waals surface area (Å²) in [5.41, 5.74) is 2.76. The van der Waals surface area contributed by atoms with Gasteiger partial charge in [0.1, 0.15) is 0 Å². The van der Waals surface area contributed by atoms with Gasteiger partial charge in [-0.1, -0.05) is 50.3 Å². The van der Waals surface area contributed by atoms with Crippen molar-refractivity contribution in [3.63, 3.8) is 0 Å². The van der Waals surface area contributed by atoms with Gasteiger partial charge in [0.2, 0.25) is 5.91 Å². The molecule has 4 rings (SSSR count). The molecule has 0 aliphatic carbocycles. The molecule has 2 unspecified atom stereocenters. The van der Waals surface area contributed by atoms with Crippen molar-refractivity contribution in [1.29, 1.82) is 0 Å². The highest BCUT2D eigenvalue weighted by Gasteiger charge is 2.44. The summed E-state index contributed by atoms with van der Waals surface area (Å²) in [6.07, 6.45) is 5.33. The minimum absolute atomic E-state index is 0.309. The van der Waals surface area contributed by atoms with E-state index in [1.165, 1.54) is 17.6 Å². The summed E-state index contributed by atoms with van der Waals surface area (Å²) in [6.45, 7) is 7.03. The summed E-state index contributed by atoms with van der Waals surface area (Å²) in [5, 5.41) is 0. The van der Waals surface area contributed by atoms with Gasteiger partial charge in [0.15, 0.2) is 0 Å². The summed E-state index contributed by atoms with van der Waals surface area (Å²) in [5.74, 6) is 0.309. The van der Waals surface area contributed by atoms with E-state index < -0.39 is 0 Å². The van der Waals surface area contributed by atoms with Crippen molar-refractivity contribution in [3.05, 3.63) is 42.0 Å². The Bertz CT molecular complexity index is 540. The van der Waals surface area contributed by atoms with Gasteiger partial charge in [-0.3, -0.25) is 9.69 Å². The third kappa shape index (κ3) is 2.95. The van der Waals surface area contributed by atoms with E-state index in [0.29, 0.717) is 24.4 Å². The molecule has 1 amide bonds. The molecule has 3 nitrogen and oxygen atoms in total. The second-order valence-electron chi connectivity index (χ2n) is 6.34. The highest BCUT2D eigenvalue weighted by molar-refractivity contribution is 5.76. The van der Waals surface area contributed by atoms with Crippen molar-refractivity contribution >= 4 is 11.5 Å². The molecule has 3 fully saturated rings. The van der Waals surface area contributed by atoms with E-state index in [-0.39, 0.29) is 0 Å². The monoisotopic (exact) mass is 298 g/mol. The van der Waals surface area contributed by atoms with Crippen LogP contribution >= 0.6 is 0 Å². The van der Waals surface area contributed by atoms with Gasteiger partial charge >= 0.3 is 0 Å². The zero-order valence-electron chi connectivity index (χ0n) is 13.7. The maximum absolute atomic E-state index is 11.8. The minimum atomic E-state index is 0.309. The number of carbonyl (C=O) groups is 1. The highest BCUT2D eigenvalue weighted by Crippen LogP contribution is 2.32. The van der Waals surface area contributed by atoms with Crippen molar-refractivity contribution < 1.29 is 4.79 Å². The summed E-state index contributed by atoms with van der Waals surface area (Å²) >= 11 is 0. The van der Waals surface area contributed by atoms with Crippen LogP contribution < -0.4 is 0 Å². The Hall–Kier alpha value is -1.61. The van der Waals surface area contributed by atoms with Gasteiger partial charge in [-0.25, -0.2) is 0 Å². The second-order valence-corrected chi connectivity index (χ2v) is 6.34. The Morgan fingerprint density at radius 3 is 2.41 bits per heavy atom. The topological polar surface area (TPSA) is 23.6 Å². The maximum atomic E-state index is 11.8. The van der Waals surface area contributed by atoms with Gasteiger partial charge in [-0.05, 0) is 24.0 Å². The van der Waals surface area contributed by atoms with E-state index in [9.17, 15) is 4.79 Å². The van der Waals surface area contributed by atoms with Crippen LogP contribution in [-0.2, 0) is 4.79 Å². The summed E-state index contributed by atoms with van der Waals surface area (Å²) in [6, 6.07) is 11.8. The molecule has 3 heterocycles. The van der Waals surface area contributed by atoms with Gasteiger partial charge in [-0.15, -0.1) is 0 Å². The number of benzene rings is 1. The standard InChI is InChI=1S/C19H26N2O/c1-3-15(16-8-6-5-7-9-16)10-11-21-17-12-18(21)14-20(13-17)19(22)4-2/h5-10,17-18H,3-4,11-14H2,1-2H3. The highest BCUT2D eigenvalue weighted by atomic mass is 16.2. The molecule has 3 aliphatic rings. The minimum Gasteiger partial charge on any atom is -0.340 e. The first kappa shape index (κ1) is 15.3. The Labute approximate surface area is 133 Å². The third-order valence-electron chi connectivity index (χ3n) is 5.07. The van der Waals surface area contributed by atoms with Crippen molar-refractivity contribution in [1.82, 2.24) is 9.80 Å². The van der Waals surface area contributed by atoms with Crippen LogP contribution in [0, 0.1) is 0 Å². The molecule has 0 aromatic heterocycles. The van der Waals surface area contributed by atoms with Crippen LogP contribution in [0.4, 0.5) is 0 Å². The molecule has 0 N–H and O–H groups in total. The van der Waals surface area contributed by atoms with Crippen LogP contribution in [0.5, 0.6) is 0 Å². The first-order valence-corrected chi connectivity index (χ1v) is 8.50. The van der Waals surface area contributed by atoms with Gasteiger partial charge in [-0.2, -0.15) is 0 Å². The molecule has 0 saturated carbocycles. The zero-order chi connectivity index (χ0) is 15.5. The molecule has 2 bridgehead atoms. The fourth-order valence-electron chi connectivity index (χ4n) is 3.75. The summed E-state index contributed by atoms with van der Waals surface area (Å²) < 4.78 is 0. The normalized spacial score (nSPS) is 25.0. The van der Waals surface area contributed by atoms with Gasteiger partial charge in [0, 0.05) is 38.1 Å². The molecule has 3 aliphatic heterocycles. The Morgan fingerprint density at radius 2 is 1.82 bits per heavy atom. The largest absolute Gasteiger partial charge is 0.340 e. The Kier molecular flexibility index (Phi) is 4.63. The SMILES string of the molecule is CCC(=O)N1CC2CC(C1)N2CC=C(CC)c1ccccc1. The van der Waals surface area contributed by atoms with Crippen LogP contribution in [0.15, 0.2) is 36.4 Å². The van der Waals surface area contributed by atoms with Crippen molar-refractivity contribution in [2.24, 2.45) is 0 Å². The lowest BCUT2D eigenvalue weighted by atomic mass is 9.87. The fourth-order valence-corrected chi connectivity index (χ4v) is 3.75. The molecular weight excluding hydrogens is 272 g/mol.